The molecule has 1 atom stereocenters. The van der Waals surface area contributed by atoms with Gasteiger partial charge in [-0.1, -0.05) is 36.4 Å². The van der Waals surface area contributed by atoms with Crippen LogP contribution in [-0.2, 0) is 6.54 Å². The van der Waals surface area contributed by atoms with Crippen LogP contribution in [0.15, 0.2) is 55.4 Å². The van der Waals surface area contributed by atoms with E-state index >= 15 is 0 Å². The summed E-state index contributed by atoms with van der Waals surface area (Å²) in [4.78, 5) is 6.72. The van der Waals surface area contributed by atoms with Gasteiger partial charge >= 0.3 is 0 Å². The van der Waals surface area contributed by atoms with Crippen LogP contribution in [0.3, 0.4) is 0 Å². The molecule has 1 N–H and O–H groups in total. The molecular formula is C19H23Cl2N3O. The van der Waals surface area contributed by atoms with Gasteiger partial charge in [0.2, 0.25) is 0 Å². The largest absolute Gasteiger partial charge is 0.488 e. The normalized spacial score (nSPS) is 17.6. The van der Waals surface area contributed by atoms with Gasteiger partial charge in [-0.05, 0) is 29.3 Å². The zero-order chi connectivity index (χ0) is 16.8. The number of hydrogen-bond acceptors (Lipinski definition) is 4. The van der Waals surface area contributed by atoms with E-state index in [9.17, 15) is 0 Å². The number of nitrogens with one attached hydrogen (secondary N) is 1. The van der Waals surface area contributed by atoms with Gasteiger partial charge < -0.3 is 10.1 Å². The number of benzene rings is 1. The SMILES string of the molecule is C=CCOc1ccc(CN2CCNCC2c2cccnc2)cc1Cl.Cl. The molecule has 25 heavy (non-hydrogen) atoms. The Morgan fingerprint density at radius 3 is 3.00 bits per heavy atom. The first-order chi connectivity index (χ1) is 11.8. The molecule has 0 spiro atoms. The molecule has 1 aromatic carbocycles. The molecule has 1 aromatic heterocycles. The van der Waals surface area contributed by atoms with Crippen molar-refractivity contribution in [3.8, 4) is 5.75 Å². The van der Waals surface area contributed by atoms with Gasteiger partial charge in [-0.15, -0.1) is 12.4 Å². The molecule has 2 aromatic rings. The minimum absolute atomic E-state index is 0. The van der Waals surface area contributed by atoms with Crippen molar-refractivity contribution >= 4 is 24.0 Å². The van der Waals surface area contributed by atoms with Gasteiger partial charge in [-0.2, -0.15) is 0 Å². The van der Waals surface area contributed by atoms with E-state index in [1.807, 2.05) is 30.6 Å². The van der Waals surface area contributed by atoms with Crippen LogP contribution >= 0.6 is 24.0 Å². The number of piperazine rings is 1. The number of hydrogen-bond donors (Lipinski definition) is 1. The van der Waals surface area contributed by atoms with Gasteiger partial charge in [0, 0.05) is 44.6 Å². The van der Waals surface area contributed by atoms with E-state index in [1.165, 1.54) is 11.1 Å². The summed E-state index contributed by atoms with van der Waals surface area (Å²) in [5, 5.41) is 4.11. The van der Waals surface area contributed by atoms with Gasteiger partial charge in [0.25, 0.3) is 0 Å². The zero-order valence-electron chi connectivity index (χ0n) is 14.0. The highest BCUT2D eigenvalue weighted by Crippen LogP contribution is 2.28. The minimum Gasteiger partial charge on any atom is -0.488 e. The second kappa shape index (κ2) is 9.78. The Kier molecular flexibility index (Phi) is 7.72. The van der Waals surface area contributed by atoms with Crippen LogP contribution in [0.5, 0.6) is 5.75 Å². The second-order valence-electron chi connectivity index (χ2n) is 5.84. The molecule has 1 fully saturated rings. The Morgan fingerprint density at radius 2 is 2.28 bits per heavy atom. The van der Waals surface area contributed by atoms with Gasteiger partial charge in [-0.25, -0.2) is 0 Å². The maximum atomic E-state index is 6.34. The van der Waals surface area contributed by atoms with Gasteiger partial charge in [0.05, 0.1) is 5.02 Å². The van der Waals surface area contributed by atoms with Crippen LogP contribution in [-0.4, -0.2) is 36.1 Å². The first-order valence-electron chi connectivity index (χ1n) is 8.14. The summed E-state index contributed by atoms with van der Waals surface area (Å²) in [6, 6.07) is 10.4. The topological polar surface area (TPSA) is 37.4 Å². The smallest absolute Gasteiger partial charge is 0.138 e. The summed E-state index contributed by atoms with van der Waals surface area (Å²) in [6.07, 6.45) is 5.47. The molecular weight excluding hydrogens is 357 g/mol. The minimum atomic E-state index is 0. The Bertz CT molecular complexity index is 682. The second-order valence-corrected chi connectivity index (χ2v) is 6.25. The van der Waals surface area contributed by atoms with E-state index in [4.69, 9.17) is 16.3 Å². The van der Waals surface area contributed by atoms with E-state index in [1.54, 1.807) is 6.08 Å². The van der Waals surface area contributed by atoms with E-state index in [0.717, 1.165) is 26.2 Å². The van der Waals surface area contributed by atoms with Crippen molar-refractivity contribution in [2.45, 2.75) is 12.6 Å². The van der Waals surface area contributed by atoms with Gasteiger partial charge in [0.15, 0.2) is 0 Å². The third-order valence-corrected chi connectivity index (χ3v) is 4.46. The molecule has 0 radical (unpaired) electrons. The van der Waals surface area contributed by atoms with Crippen molar-refractivity contribution in [2.75, 3.05) is 26.2 Å². The third kappa shape index (κ3) is 5.19. The van der Waals surface area contributed by atoms with Crippen molar-refractivity contribution in [1.29, 1.82) is 0 Å². The van der Waals surface area contributed by atoms with Gasteiger partial charge in [0.1, 0.15) is 12.4 Å². The Balaban J connectivity index is 0.00000225. The molecule has 2 heterocycles. The quantitative estimate of drug-likeness (QED) is 0.773. The number of rotatable bonds is 6. The number of ether oxygens (including phenoxy) is 1. The van der Waals surface area contributed by atoms with E-state index in [2.05, 4.69) is 33.9 Å². The number of pyridine rings is 1. The molecule has 4 nitrogen and oxygen atoms in total. The highest BCUT2D eigenvalue weighted by molar-refractivity contribution is 6.32. The predicted octanol–water partition coefficient (Wildman–Crippen LogP) is 3.87. The lowest BCUT2D eigenvalue weighted by Crippen LogP contribution is -2.45. The Morgan fingerprint density at radius 1 is 1.40 bits per heavy atom. The molecule has 134 valence electrons. The van der Waals surface area contributed by atoms with Crippen LogP contribution in [0, 0.1) is 0 Å². The molecule has 0 saturated carbocycles. The molecule has 0 amide bonds. The van der Waals surface area contributed by atoms with Crippen LogP contribution < -0.4 is 10.1 Å². The lowest BCUT2D eigenvalue weighted by molar-refractivity contribution is 0.153. The van der Waals surface area contributed by atoms with E-state index in [0.29, 0.717) is 23.4 Å². The maximum Gasteiger partial charge on any atom is 0.138 e. The standard InChI is InChI=1S/C19H22ClN3O.ClH/c1-2-10-24-19-6-5-15(11-17(19)20)14-23-9-8-22-13-18(23)16-4-3-7-21-12-16;/h2-7,11-12,18,22H,1,8-10,13-14H2;1H. The lowest BCUT2D eigenvalue weighted by atomic mass is 10.0. The summed E-state index contributed by atoms with van der Waals surface area (Å²) in [5.74, 6) is 0.699. The fourth-order valence-corrected chi connectivity index (χ4v) is 3.24. The fourth-order valence-electron chi connectivity index (χ4n) is 2.98. The van der Waals surface area contributed by atoms with Crippen molar-refractivity contribution in [3.63, 3.8) is 0 Å². The average molecular weight is 380 g/mol. The van der Waals surface area contributed by atoms with Gasteiger partial charge in [-0.3, -0.25) is 9.88 Å². The molecule has 1 aliphatic heterocycles. The van der Waals surface area contributed by atoms with Crippen LogP contribution in [0.1, 0.15) is 17.2 Å². The molecule has 1 saturated heterocycles. The molecule has 0 bridgehead atoms. The Labute approximate surface area is 160 Å². The molecule has 1 unspecified atom stereocenters. The number of aromatic nitrogens is 1. The maximum absolute atomic E-state index is 6.34. The van der Waals surface area contributed by atoms with Crippen molar-refractivity contribution in [1.82, 2.24) is 15.2 Å². The third-order valence-electron chi connectivity index (χ3n) is 4.16. The summed E-state index contributed by atoms with van der Waals surface area (Å²) < 4.78 is 5.54. The molecule has 0 aliphatic carbocycles. The first kappa shape index (κ1) is 19.7. The first-order valence-corrected chi connectivity index (χ1v) is 8.52. The fraction of sp³-hybridized carbons (Fsp3) is 0.316. The number of halogens is 2. The summed E-state index contributed by atoms with van der Waals surface area (Å²) in [7, 11) is 0. The van der Waals surface area contributed by atoms with Crippen LogP contribution in [0.25, 0.3) is 0 Å². The van der Waals surface area contributed by atoms with Crippen molar-refractivity contribution in [2.24, 2.45) is 0 Å². The highest BCUT2D eigenvalue weighted by atomic mass is 35.5. The van der Waals surface area contributed by atoms with Crippen molar-refractivity contribution < 1.29 is 4.74 Å². The summed E-state index contributed by atoms with van der Waals surface area (Å²) in [5.41, 5.74) is 2.42. The highest BCUT2D eigenvalue weighted by Gasteiger charge is 2.24. The molecule has 6 heteroatoms. The molecule has 3 rings (SSSR count). The Hall–Kier alpha value is -1.59. The zero-order valence-corrected chi connectivity index (χ0v) is 15.6. The van der Waals surface area contributed by atoms with E-state index < -0.39 is 0 Å². The number of nitrogens with zero attached hydrogens (tertiary/aromatic N) is 2. The summed E-state index contributed by atoms with van der Waals surface area (Å²) in [6.45, 7) is 7.87. The molecule has 1 aliphatic rings. The predicted molar refractivity (Wildman–Crippen MR) is 105 cm³/mol. The van der Waals surface area contributed by atoms with E-state index in [-0.39, 0.29) is 12.4 Å². The lowest BCUT2D eigenvalue weighted by Gasteiger charge is -2.36. The monoisotopic (exact) mass is 379 g/mol. The van der Waals surface area contributed by atoms with Crippen LogP contribution in [0.4, 0.5) is 0 Å². The van der Waals surface area contributed by atoms with Crippen LogP contribution in [0.2, 0.25) is 5.02 Å². The van der Waals surface area contributed by atoms with Crippen molar-refractivity contribution in [3.05, 3.63) is 71.5 Å². The summed E-state index contributed by atoms with van der Waals surface area (Å²) >= 11 is 6.34. The average Bonchev–Trinajstić information content (AvgIpc) is 2.62.